The summed E-state index contributed by atoms with van der Waals surface area (Å²) in [5.41, 5.74) is 7.88. The van der Waals surface area contributed by atoms with Gasteiger partial charge in [-0.15, -0.1) is 0 Å². The van der Waals surface area contributed by atoms with Crippen molar-refractivity contribution in [1.29, 1.82) is 0 Å². The number of nitrogens with one attached hydrogen (secondary N) is 2. The monoisotopic (exact) mass is 474 g/mol. The van der Waals surface area contributed by atoms with Crippen LogP contribution in [0, 0.1) is 11.8 Å². The minimum absolute atomic E-state index is 0.0300. The minimum atomic E-state index is -0.310. The molecule has 3 fully saturated rings. The number of nitrogens with two attached hydrogens (primary N) is 1. The molecule has 0 bridgehead atoms. The van der Waals surface area contributed by atoms with Crippen LogP contribution in [0.3, 0.4) is 0 Å². The Labute approximate surface area is 202 Å². The van der Waals surface area contributed by atoms with E-state index < -0.39 is 0 Å². The Bertz CT molecular complexity index is 1330. The molecule has 182 valence electrons. The number of hydrogen-bond acceptors (Lipinski definition) is 6. The zero-order chi connectivity index (χ0) is 24.1. The smallest absolute Gasteiger partial charge is 0.290 e. The molecule has 0 spiro atoms. The Kier molecular flexibility index (Phi) is 5.35. The number of carbonyl (C=O) groups excluding carboxylic acids is 1. The molecular weight excluding hydrogens is 444 g/mol. The lowest BCUT2D eigenvalue weighted by molar-refractivity contribution is -0.117. The van der Waals surface area contributed by atoms with Crippen LogP contribution in [0.5, 0.6) is 5.75 Å². The highest BCUT2D eigenvalue weighted by molar-refractivity contribution is 5.99. The Balaban J connectivity index is 1.28. The summed E-state index contributed by atoms with van der Waals surface area (Å²) in [5, 5.41) is 14.9. The topological polar surface area (TPSA) is 128 Å². The van der Waals surface area contributed by atoms with Crippen LogP contribution in [-0.4, -0.2) is 38.0 Å². The van der Waals surface area contributed by atoms with Crippen molar-refractivity contribution in [3.63, 3.8) is 0 Å². The number of H-pyrrole nitrogens is 1. The summed E-state index contributed by atoms with van der Waals surface area (Å²) in [5.74, 6) is 2.69. The van der Waals surface area contributed by atoms with Gasteiger partial charge in [-0.2, -0.15) is 10.2 Å². The van der Waals surface area contributed by atoms with Crippen LogP contribution in [0.15, 0.2) is 41.7 Å². The molecule has 4 N–H and O–H groups in total. The summed E-state index contributed by atoms with van der Waals surface area (Å²) in [6, 6.07) is 8.01. The molecule has 35 heavy (non-hydrogen) atoms. The summed E-state index contributed by atoms with van der Waals surface area (Å²) in [4.78, 5) is 24.5. The highest BCUT2D eigenvalue weighted by Crippen LogP contribution is 2.52. The van der Waals surface area contributed by atoms with Gasteiger partial charge in [0.2, 0.25) is 5.91 Å². The van der Waals surface area contributed by atoms with E-state index in [2.05, 4.69) is 22.1 Å². The average molecular weight is 475 g/mol. The Hall–Kier alpha value is -3.62. The molecule has 2 unspecified atom stereocenters. The van der Waals surface area contributed by atoms with Crippen molar-refractivity contribution in [2.75, 3.05) is 5.73 Å². The Morgan fingerprint density at radius 1 is 1.14 bits per heavy atom. The number of rotatable bonds is 6. The number of hydrogen-bond donors (Lipinski definition) is 3. The number of amides is 1. The van der Waals surface area contributed by atoms with Gasteiger partial charge in [-0.1, -0.05) is 6.58 Å². The van der Waals surface area contributed by atoms with Gasteiger partial charge in [-0.3, -0.25) is 14.3 Å². The van der Waals surface area contributed by atoms with Gasteiger partial charge in [0.1, 0.15) is 17.0 Å². The molecule has 9 nitrogen and oxygen atoms in total. The highest BCUT2D eigenvalue weighted by atomic mass is 16.5. The van der Waals surface area contributed by atoms with E-state index in [0.29, 0.717) is 22.7 Å². The van der Waals surface area contributed by atoms with Crippen molar-refractivity contribution in [1.82, 2.24) is 25.3 Å². The number of carbonyl (C=O) groups is 1. The van der Waals surface area contributed by atoms with Gasteiger partial charge in [0, 0.05) is 11.6 Å². The van der Waals surface area contributed by atoms with E-state index >= 15 is 0 Å². The molecule has 6 rings (SSSR count). The van der Waals surface area contributed by atoms with Crippen LogP contribution in [0.2, 0.25) is 0 Å². The molecule has 3 atom stereocenters. The predicted octanol–water partition coefficient (Wildman–Crippen LogP) is 3.33. The summed E-state index contributed by atoms with van der Waals surface area (Å²) >= 11 is 0. The Morgan fingerprint density at radius 2 is 1.86 bits per heavy atom. The first kappa shape index (κ1) is 21.9. The van der Waals surface area contributed by atoms with Crippen LogP contribution in [0.4, 0.5) is 5.82 Å². The fraction of sp³-hybridized carbons (Fsp3) is 0.462. The van der Waals surface area contributed by atoms with E-state index in [1.807, 2.05) is 28.9 Å². The van der Waals surface area contributed by atoms with Crippen LogP contribution in [-0.2, 0) is 4.79 Å². The van der Waals surface area contributed by atoms with E-state index in [4.69, 9.17) is 15.6 Å². The highest BCUT2D eigenvalue weighted by Gasteiger charge is 2.46. The van der Waals surface area contributed by atoms with E-state index in [-0.39, 0.29) is 29.4 Å². The number of aromatic amines is 1. The second kappa shape index (κ2) is 8.55. The number of ether oxygens (including phenoxy) is 1. The lowest BCUT2D eigenvalue weighted by Gasteiger charge is -2.29. The number of nitrogens with zero attached hydrogens (tertiary/aromatic N) is 3. The second-order valence-electron chi connectivity index (χ2n) is 10.2. The van der Waals surface area contributed by atoms with Crippen molar-refractivity contribution in [3.8, 4) is 17.0 Å². The first-order chi connectivity index (χ1) is 17.0. The largest absolute Gasteiger partial charge is 0.490 e. The zero-order valence-corrected chi connectivity index (χ0v) is 19.6. The maximum Gasteiger partial charge on any atom is 0.290 e. The molecule has 0 radical (unpaired) electrons. The number of anilines is 1. The molecule has 3 saturated carbocycles. The predicted molar refractivity (Wildman–Crippen MR) is 133 cm³/mol. The van der Waals surface area contributed by atoms with E-state index in [0.717, 1.165) is 61.7 Å². The second-order valence-corrected chi connectivity index (χ2v) is 10.2. The number of nitrogen functional groups attached to an aromatic ring is 1. The van der Waals surface area contributed by atoms with Crippen molar-refractivity contribution in [3.05, 3.63) is 47.3 Å². The van der Waals surface area contributed by atoms with Gasteiger partial charge in [-0.05, 0) is 87.1 Å². The number of aromatic nitrogens is 4. The molecule has 1 amide bonds. The molecule has 3 aliphatic carbocycles. The average Bonchev–Trinajstić information content (AvgIpc) is 3.28. The van der Waals surface area contributed by atoms with Crippen LogP contribution < -0.4 is 21.3 Å². The molecule has 0 aliphatic heterocycles. The third kappa shape index (κ3) is 4.09. The lowest BCUT2D eigenvalue weighted by Crippen LogP contribution is -2.37. The van der Waals surface area contributed by atoms with Crippen molar-refractivity contribution in [2.24, 2.45) is 11.8 Å². The third-order valence-corrected chi connectivity index (χ3v) is 7.86. The third-order valence-electron chi connectivity index (χ3n) is 7.86. The molecule has 2 heterocycles. The van der Waals surface area contributed by atoms with Crippen molar-refractivity contribution in [2.45, 2.75) is 63.1 Å². The van der Waals surface area contributed by atoms with Gasteiger partial charge in [0.05, 0.1) is 17.5 Å². The molecular formula is C26H30N6O3. The Morgan fingerprint density at radius 3 is 2.54 bits per heavy atom. The first-order valence-electron chi connectivity index (χ1n) is 12.5. The minimum Gasteiger partial charge on any atom is -0.490 e. The molecule has 9 heteroatoms. The summed E-state index contributed by atoms with van der Waals surface area (Å²) in [7, 11) is 0. The fourth-order valence-corrected chi connectivity index (χ4v) is 5.94. The first-order valence-corrected chi connectivity index (χ1v) is 12.5. The van der Waals surface area contributed by atoms with Gasteiger partial charge in [0.15, 0.2) is 5.82 Å². The summed E-state index contributed by atoms with van der Waals surface area (Å²) in [6.45, 7) is 3.52. The normalized spacial score (nSPS) is 27.4. The lowest BCUT2D eigenvalue weighted by atomic mass is 9.91. The number of fused-ring (bicyclic) bond motifs is 2. The van der Waals surface area contributed by atoms with Crippen molar-refractivity contribution >= 4 is 22.6 Å². The fourth-order valence-electron chi connectivity index (χ4n) is 5.94. The molecule has 3 aliphatic rings. The van der Waals surface area contributed by atoms with Gasteiger partial charge in [0.25, 0.3) is 5.56 Å². The van der Waals surface area contributed by atoms with Crippen LogP contribution >= 0.6 is 0 Å². The molecule has 3 aromatic rings. The van der Waals surface area contributed by atoms with Gasteiger partial charge < -0.3 is 15.8 Å². The molecule has 1 aromatic carbocycles. The zero-order valence-electron chi connectivity index (χ0n) is 19.6. The van der Waals surface area contributed by atoms with E-state index in [1.165, 1.54) is 12.5 Å². The molecule has 0 saturated heterocycles. The quantitative estimate of drug-likeness (QED) is 0.470. The molecule has 2 aromatic heterocycles. The van der Waals surface area contributed by atoms with Crippen LogP contribution in [0.1, 0.15) is 51.0 Å². The number of benzene rings is 1. The van der Waals surface area contributed by atoms with E-state index in [9.17, 15) is 9.59 Å². The summed E-state index contributed by atoms with van der Waals surface area (Å²) < 4.78 is 8.00. The SMILES string of the molecule is C=CC(=O)NC1CCC(n2nc(-c3ccc(OC4CC5C[C@H]5C4)cc3)c3c(N)n[nH]c(=O)c32)CC1. The van der Waals surface area contributed by atoms with Crippen molar-refractivity contribution < 1.29 is 9.53 Å². The maximum atomic E-state index is 12.8. The van der Waals surface area contributed by atoms with Crippen LogP contribution in [0.25, 0.3) is 22.2 Å². The standard InChI is InChI=1S/C26H30N6O3/c1-2-21(33)28-17-5-7-18(8-6-17)32-24-22(25(27)29-30-26(24)34)23(31-32)14-3-9-19(10-4-14)35-20-12-15-11-16(15)13-20/h2-4,9-10,15-18,20H,1,5-8,11-13H2,(H2,27,29)(H,28,33)(H,30,34)/t15-,16?,17?,18?,20?/m0/s1. The maximum absolute atomic E-state index is 12.8. The van der Waals surface area contributed by atoms with Gasteiger partial charge >= 0.3 is 0 Å². The van der Waals surface area contributed by atoms with Gasteiger partial charge in [-0.25, -0.2) is 5.10 Å². The van der Waals surface area contributed by atoms with E-state index in [1.54, 1.807) is 0 Å². The summed E-state index contributed by atoms with van der Waals surface area (Å²) in [6.07, 6.45) is 8.47.